The summed E-state index contributed by atoms with van der Waals surface area (Å²) in [5.74, 6) is 0. The van der Waals surface area contributed by atoms with Crippen molar-refractivity contribution in [2.45, 2.75) is 38.5 Å². The van der Waals surface area contributed by atoms with Crippen molar-refractivity contribution in [3.05, 3.63) is 489 Å². The van der Waals surface area contributed by atoms with Gasteiger partial charge in [0.05, 0.1) is 55.5 Å². The molecule has 4 nitrogen and oxygen atoms in total. The van der Waals surface area contributed by atoms with Crippen LogP contribution in [0.4, 0.5) is 0 Å². The molecule has 4 aromatic heterocycles. The Bertz CT molecular complexity index is 8710. The Morgan fingerprint density at radius 3 is 0.955 bits per heavy atom. The lowest BCUT2D eigenvalue weighted by molar-refractivity contribution is 0.656. The van der Waals surface area contributed by atoms with Gasteiger partial charge in [0.1, 0.15) is 0 Å². The highest BCUT2D eigenvalue weighted by molar-refractivity contribution is 9.11. The number of hydrogen-bond acceptors (Lipinski definition) is 0. The van der Waals surface area contributed by atoms with Crippen LogP contribution in [0.25, 0.3) is 199 Å². The van der Waals surface area contributed by atoms with E-state index in [4.69, 9.17) is 0 Å². The van der Waals surface area contributed by atoms with Crippen LogP contribution in [0.5, 0.6) is 0 Å². The Kier molecular flexibility index (Phi) is 20.9. The Morgan fingerprint density at radius 2 is 0.477 bits per heavy atom. The summed E-state index contributed by atoms with van der Waals surface area (Å²) in [7, 11) is 0. The molecule has 20 aromatic carbocycles. The number of benzene rings is 20. The summed E-state index contributed by atoms with van der Waals surface area (Å²) < 4.78 is 14.0. The van der Waals surface area contributed by atoms with Gasteiger partial charge in [-0.05, 0) is 269 Å². The van der Waals surface area contributed by atoms with Crippen LogP contribution in [0.3, 0.4) is 0 Å². The SMILES string of the molecule is Brc1cccc(-c2ccc3c(c2)c2cc(-c4ccccc4)ccc2n3-c2ccccc2)c1.Brc1cccc(-c2ccc3c(c2)c2ccccc2n3-c2cccc3ccccc23)c1.CC1(C)c2ccccc2-c2ccc(-n3c4ccccc4c4cc(-c5cccc(Br)c5)ccc43)cc21.CC1(C)c2ccccc2-c2cccc(-n3c4ccccc4c4cc(-c5cccc(Br)c5)ccc43)c21. The van der Waals surface area contributed by atoms with E-state index < -0.39 is 0 Å². The minimum atomic E-state index is -0.0729. The summed E-state index contributed by atoms with van der Waals surface area (Å²) in [6, 6.07) is 162. The molecule has 0 N–H and O–H groups in total. The van der Waals surface area contributed by atoms with Crippen LogP contribution in [0.15, 0.2) is 467 Å². The second-order valence-corrected chi connectivity index (χ2v) is 39.2. The molecule has 0 saturated heterocycles. The van der Waals surface area contributed by atoms with Gasteiger partial charge in [-0.1, -0.05) is 377 Å². The average Bonchev–Trinajstić information content (AvgIpc) is 1.56. The van der Waals surface area contributed by atoms with E-state index in [-0.39, 0.29) is 10.8 Å². The van der Waals surface area contributed by atoms with Crippen LogP contribution < -0.4 is 0 Å². The van der Waals surface area contributed by atoms with Crippen LogP contribution in [0.1, 0.15) is 49.9 Å². The minimum absolute atomic E-state index is 0.0193. The summed E-state index contributed by atoms with van der Waals surface area (Å²) in [6.07, 6.45) is 0. The number of fused-ring (bicyclic) bond motifs is 19. The van der Waals surface area contributed by atoms with Crippen LogP contribution in [0.2, 0.25) is 0 Å². The van der Waals surface area contributed by atoms with Gasteiger partial charge in [-0.2, -0.15) is 0 Å². The molecule has 4 heterocycles. The zero-order valence-electron chi connectivity index (χ0n) is 73.0. The molecule has 630 valence electrons. The lowest BCUT2D eigenvalue weighted by Crippen LogP contribution is -2.17. The van der Waals surface area contributed by atoms with Crippen LogP contribution >= 0.6 is 63.7 Å². The van der Waals surface area contributed by atoms with Gasteiger partial charge in [0, 0.05) is 88.6 Å². The van der Waals surface area contributed by atoms with Crippen LogP contribution in [-0.2, 0) is 10.8 Å². The van der Waals surface area contributed by atoms with Crippen molar-refractivity contribution in [2.75, 3.05) is 0 Å². The zero-order valence-corrected chi connectivity index (χ0v) is 79.4. The molecule has 0 bridgehead atoms. The first-order valence-electron chi connectivity index (χ1n) is 44.9. The van der Waals surface area contributed by atoms with Gasteiger partial charge >= 0.3 is 0 Å². The molecule has 24 aromatic rings. The number of para-hydroxylation sites is 4. The molecule has 132 heavy (non-hydrogen) atoms. The van der Waals surface area contributed by atoms with Gasteiger partial charge < -0.3 is 18.3 Å². The number of rotatable bonds is 9. The predicted octanol–water partition coefficient (Wildman–Crippen LogP) is 36.3. The highest BCUT2D eigenvalue weighted by Crippen LogP contribution is 2.54. The van der Waals surface area contributed by atoms with E-state index in [0.29, 0.717) is 0 Å². The standard InChI is InChI=1S/2C33H24BrN.C30H20BrN.C28H18BrN/c1-33(2)28-14-5-3-11-24(28)26-13-8-16-31(32(26)33)35-29-15-6-4-12-25(29)27-20-22(17-18-30(27)35)21-9-7-10-23(34)19-21;1-33(2)29-12-5-3-10-25(29)26-16-15-24(20-30(26)33)35-31-13-6-4-11-27(31)28-19-22(14-17-32(28)35)21-8-7-9-23(34)18-21;31-25-11-7-10-22(18-25)24-15-17-30-28(20-24)27-19-23(21-8-3-1-4-9-21)14-16-29(27)32(30)26-12-5-2-6-13-26;29-22-10-5-9-20(17-22)21-15-16-28-25(18-21)24-12-3-4-13-27(24)30(28)26-14-6-8-19-7-1-2-11-23(19)26/h2*3-20H,1-2H3;1-20H;1-18H. The third kappa shape index (κ3) is 14.4. The van der Waals surface area contributed by atoms with Gasteiger partial charge in [0.25, 0.3) is 0 Å². The molecule has 0 unspecified atom stereocenters. The normalized spacial score (nSPS) is 12.7. The molecule has 0 fully saturated rings. The Labute approximate surface area is 801 Å². The van der Waals surface area contributed by atoms with Crippen molar-refractivity contribution in [2.24, 2.45) is 0 Å². The second kappa shape index (κ2) is 33.6. The third-order valence-corrected chi connectivity index (χ3v) is 29.1. The molecule has 2 aliphatic carbocycles. The molecule has 0 saturated carbocycles. The van der Waals surface area contributed by atoms with Crippen molar-refractivity contribution < 1.29 is 0 Å². The van der Waals surface area contributed by atoms with E-state index in [0.717, 1.165) is 17.9 Å². The fourth-order valence-corrected chi connectivity index (χ4v) is 22.6. The van der Waals surface area contributed by atoms with E-state index in [1.54, 1.807) is 0 Å². The quantitative estimate of drug-likeness (QED) is 0.137. The summed E-state index contributed by atoms with van der Waals surface area (Å²) >= 11 is 14.5. The Hall–Kier alpha value is -14.2. The molecular weight excluding hydrogens is 1870 g/mol. The topological polar surface area (TPSA) is 19.7 Å². The first-order chi connectivity index (χ1) is 64.6. The van der Waals surface area contributed by atoms with E-state index in [9.17, 15) is 0 Å². The predicted molar refractivity (Wildman–Crippen MR) is 574 cm³/mol. The fourth-order valence-electron chi connectivity index (χ4n) is 21.0. The number of hydrogen-bond donors (Lipinski definition) is 0. The molecular formula is C124H86Br4N4. The zero-order chi connectivity index (χ0) is 89.0. The van der Waals surface area contributed by atoms with Crippen molar-refractivity contribution in [1.82, 2.24) is 18.3 Å². The molecule has 26 rings (SSSR count). The molecule has 0 atom stereocenters. The largest absolute Gasteiger partial charge is 0.309 e. The van der Waals surface area contributed by atoms with Crippen molar-refractivity contribution in [3.8, 4) is 101 Å². The van der Waals surface area contributed by atoms with Gasteiger partial charge in [0.2, 0.25) is 0 Å². The highest BCUT2D eigenvalue weighted by Gasteiger charge is 2.39. The Morgan fingerprint density at radius 1 is 0.174 bits per heavy atom. The van der Waals surface area contributed by atoms with E-state index >= 15 is 0 Å². The first-order valence-corrected chi connectivity index (χ1v) is 48.1. The lowest BCUT2D eigenvalue weighted by Gasteiger charge is -2.25. The lowest BCUT2D eigenvalue weighted by atomic mass is 9.81. The smallest absolute Gasteiger partial charge is 0.0541 e. The summed E-state index contributed by atoms with van der Waals surface area (Å²) in [5, 5.41) is 12.7. The monoisotopic (exact) mass is 1950 g/mol. The van der Waals surface area contributed by atoms with E-state index in [1.807, 2.05) is 0 Å². The minimum Gasteiger partial charge on any atom is -0.309 e. The van der Waals surface area contributed by atoms with E-state index in [2.05, 4.69) is 559 Å². The number of halogens is 4. The maximum Gasteiger partial charge on any atom is 0.0541 e. The van der Waals surface area contributed by atoms with Gasteiger partial charge in [0.15, 0.2) is 0 Å². The van der Waals surface area contributed by atoms with Crippen molar-refractivity contribution in [3.63, 3.8) is 0 Å². The number of nitrogens with zero attached hydrogens (tertiary/aromatic N) is 4. The second-order valence-electron chi connectivity index (χ2n) is 35.6. The van der Waals surface area contributed by atoms with Crippen LogP contribution in [-0.4, -0.2) is 18.3 Å². The van der Waals surface area contributed by atoms with Gasteiger partial charge in [-0.25, -0.2) is 0 Å². The fraction of sp³-hybridized carbons (Fsp3) is 0.0484. The number of aromatic nitrogens is 4. The van der Waals surface area contributed by atoms with Gasteiger partial charge in [-0.3, -0.25) is 0 Å². The molecule has 0 spiro atoms. The third-order valence-electron chi connectivity index (χ3n) is 27.2. The molecule has 0 aliphatic heterocycles. The summed E-state index contributed by atoms with van der Waals surface area (Å²) in [5.41, 5.74) is 37.9. The molecule has 2 aliphatic rings. The average molecular weight is 1950 g/mol. The van der Waals surface area contributed by atoms with Crippen LogP contribution in [0, 0.1) is 0 Å². The van der Waals surface area contributed by atoms with Gasteiger partial charge in [-0.15, -0.1) is 0 Å². The maximum atomic E-state index is 3.63. The summed E-state index contributed by atoms with van der Waals surface area (Å²) in [4.78, 5) is 0. The first kappa shape index (κ1) is 82.2. The molecule has 0 amide bonds. The highest BCUT2D eigenvalue weighted by atomic mass is 79.9. The van der Waals surface area contributed by atoms with Crippen molar-refractivity contribution in [1.29, 1.82) is 0 Å². The maximum absolute atomic E-state index is 3.63. The summed E-state index contributed by atoms with van der Waals surface area (Å²) in [6.45, 7) is 9.41. The van der Waals surface area contributed by atoms with E-state index in [1.165, 1.54) is 221 Å². The Balaban J connectivity index is 0.000000100. The van der Waals surface area contributed by atoms with Crippen molar-refractivity contribution >= 4 is 162 Å². The molecule has 0 radical (unpaired) electrons. The molecule has 8 heteroatoms.